The van der Waals surface area contributed by atoms with Crippen molar-refractivity contribution >= 4 is 34.4 Å². The minimum absolute atomic E-state index is 0.0763. The van der Waals surface area contributed by atoms with Crippen molar-refractivity contribution in [2.45, 2.75) is 62.8 Å². The lowest BCUT2D eigenvalue weighted by Gasteiger charge is -2.16. The van der Waals surface area contributed by atoms with Crippen LogP contribution < -0.4 is 5.32 Å². The van der Waals surface area contributed by atoms with Crippen molar-refractivity contribution in [2.75, 3.05) is 5.75 Å². The van der Waals surface area contributed by atoms with Crippen LogP contribution in [0.5, 0.6) is 0 Å². The maximum atomic E-state index is 12.2. The number of carboxylic acid groups (broad SMARTS) is 1. The molecule has 0 spiro atoms. The molecule has 2 aromatic carbocycles. The second kappa shape index (κ2) is 13.0. The van der Waals surface area contributed by atoms with Crippen LogP contribution in [-0.4, -0.2) is 28.8 Å². The summed E-state index contributed by atoms with van der Waals surface area (Å²) in [4.78, 5) is 24.4. The number of carbonyl (C=O) groups excluding carboxylic acids is 1. The quantitative estimate of drug-likeness (QED) is 0.247. The lowest BCUT2D eigenvalue weighted by molar-refractivity contribution is -0.137. The van der Waals surface area contributed by atoms with Gasteiger partial charge in [-0.25, -0.2) is 0 Å². The molecular weight excluding hydrogens is 382 g/mol. The van der Waals surface area contributed by atoms with E-state index >= 15 is 0 Å². The van der Waals surface area contributed by atoms with E-state index in [0.29, 0.717) is 12.2 Å². The molecule has 1 amide bonds. The molecule has 1 atom stereocenters. The minimum Gasteiger partial charge on any atom is -0.481 e. The minimum atomic E-state index is -0.902. The normalized spacial score (nSPS) is 12.3. The molecular formula is C24H31NO3S. The Balaban J connectivity index is 1.82. The number of hydrogen-bond donors (Lipinski definition) is 2. The Morgan fingerprint density at radius 2 is 1.86 bits per heavy atom. The molecule has 4 nitrogen and oxygen atoms in total. The molecule has 2 rings (SSSR count). The molecule has 0 fully saturated rings. The fourth-order valence-electron chi connectivity index (χ4n) is 3.10. The molecule has 0 heterocycles. The molecule has 0 aliphatic heterocycles. The molecule has 0 radical (unpaired) electrons. The van der Waals surface area contributed by atoms with E-state index < -0.39 is 12.0 Å². The predicted molar refractivity (Wildman–Crippen MR) is 121 cm³/mol. The third-order valence-corrected chi connectivity index (χ3v) is 5.81. The molecule has 0 saturated carbocycles. The number of hydrogen-bond acceptors (Lipinski definition) is 3. The Hall–Kier alpha value is -2.27. The summed E-state index contributed by atoms with van der Waals surface area (Å²) in [6, 6.07) is 13.9. The van der Waals surface area contributed by atoms with Gasteiger partial charge in [-0.15, -0.1) is 11.8 Å². The summed E-state index contributed by atoms with van der Waals surface area (Å²) in [6.45, 7) is 2.19. The summed E-state index contributed by atoms with van der Waals surface area (Å²) in [5.74, 6) is -0.502. The molecule has 5 heteroatoms. The maximum absolute atomic E-state index is 12.2. The summed E-state index contributed by atoms with van der Waals surface area (Å²) in [7, 11) is 0. The third kappa shape index (κ3) is 9.18. The SMILES string of the molecule is CCCCCCC=CCC(=O)N[C@H](CSc1ccc2ccccc2c1)CC(=O)O. The van der Waals surface area contributed by atoms with Crippen molar-refractivity contribution in [1.82, 2.24) is 5.32 Å². The van der Waals surface area contributed by atoms with E-state index in [1.807, 2.05) is 30.4 Å². The third-order valence-electron chi connectivity index (χ3n) is 4.65. The lowest BCUT2D eigenvalue weighted by atomic mass is 10.1. The monoisotopic (exact) mass is 413 g/mol. The van der Waals surface area contributed by atoms with Crippen LogP contribution in [0.4, 0.5) is 0 Å². The van der Waals surface area contributed by atoms with E-state index in [-0.39, 0.29) is 12.3 Å². The highest BCUT2D eigenvalue weighted by molar-refractivity contribution is 7.99. The number of carboxylic acids is 1. The van der Waals surface area contributed by atoms with Crippen molar-refractivity contribution in [3.63, 3.8) is 0 Å². The highest BCUT2D eigenvalue weighted by Gasteiger charge is 2.16. The Bertz CT molecular complexity index is 819. The first-order valence-electron chi connectivity index (χ1n) is 10.4. The topological polar surface area (TPSA) is 66.4 Å². The fourth-order valence-corrected chi connectivity index (χ4v) is 4.07. The predicted octanol–water partition coefficient (Wildman–Crippen LogP) is 5.81. The van der Waals surface area contributed by atoms with Gasteiger partial charge in [-0.05, 0) is 35.7 Å². The van der Waals surface area contributed by atoms with Gasteiger partial charge in [-0.3, -0.25) is 9.59 Å². The van der Waals surface area contributed by atoms with Gasteiger partial charge < -0.3 is 10.4 Å². The summed E-state index contributed by atoms with van der Waals surface area (Å²) < 4.78 is 0. The second-order valence-electron chi connectivity index (χ2n) is 7.21. The van der Waals surface area contributed by atoms with E-state index in [2.05, 4.69) is 36.5 Å². The van der Waals surface area contributed by atoms with Crippen LogP contribution in [0.2, 0.25) is 0 Å². The molecule has 0 aliphatic carbocycles. The van der Waals surface area contributed by atoms with Crippen LogP contribution in [0.1, 0.15) is 51.9 Å². The average molecular weight is 414 g/mol. The summed E-state index contributed by atoms with van der Waals surface area (Å²) >= 11 is 1.57. The molecule has 0 saturated heterocycles. The number of amides is 1. The number of fused-ring (bicyclic) bond motifs is 1. The Morgan fingerprint density at radius 3 is 2.62 bits per heavy atom. The van der Waals surface area contributed by atoms with Crippen molar-refractivity contribution in [1.29, 1.82) is 0 Å². The van der Waals surface area contributed by atoms with E-state index in [9.17, 15) is 14.7 Å². The Kier molecular flexibility index (Phi) is 10.4. The number of allylic oxidation sites excluding steroid dienone is 1. The van der Waals surface area contributed by atoms with Crippen molar-refractivity contribution in [3.8, 4) is 0 Å². The molecule has 0 aliphatic rings. The zero-order chi connectivity index (χ0) is 20.9. The van der Waals surface area contributed by atoms with Crippen LogP contribution in [0.3, 0.4) is 0 Å². The molecule has 156 valence electrons. The first kappa shape index (κ1) is 23.0. The van der Waals surface area contributed by atoms with Gasteiger partial charge in [-0.2, -0.15) is 0 Å². The molecule has 0 bridgehead atoms. The van der Waals surface area contributed by atoms with Gasteiger partial charge in [0.1, 0.15) is 0 Å². The van der Waals surface area contributed by atoms with Crippen molar-refractivity contribution < 1.29 is 14.7 Å². The van der Waals surface area contributed by atoms with E-state index in [0.717, 1.165) is 23.1 Å². The van der Waals surface area contributed by atoms with Gasteiger partial charge in [0.2, 0.25) is 5.91 Å². The molecule has 0 aromatic heterocycles. The number of rotatable bonds is 13. The van der Waals surface area contributed by atoms with Gasteiger partial charge in [0, 0.05) is 23.1 Å². The van der Waals surface area contributed by atoms with E-state index in [1.165, 1.54) is 24.6 Å². The second-order valence-corrected chi connectivity index (χ2v) is 8.30. The van der Waals surface area contributed by atoms with Gasteiger partial charge in [0.15, 0.2) is 0 Å². The average Bonchev–Trinajstić information content (AvgIpc) is 2.71. The van der Waals surface area contributed by atoms with Crippen LogP contribution in [-0.2, 0) is 9.59 Å². The fraction of sp³-hybridized carbons (Fsp3) is 0.417. The summed E-state index contributed by atoms with van der Waals surface area (Å²) in [5.41, 5.74) is 0. The smallest absolute Gasteiger partial charge is 0.305 e. The van der Waals surface area contributed by atoms with Crippen LogP contribution >= 0.6 is 11.8 Å². The largest absolute Gasteiger partial charge is 0.481 e. The maximum Gasteiger partial charge on any atom is 0.305 e. The van der Waals surface area contributed by atoms with Crippen molar-refractivity contribution in [3.05, 3.63) is 54.6 Å². The van der Waals surface area contributed by atoms with Gasteiger partial charge in [-0.1, -0.05) is 68.7 Å². The van der Waals surface area contributed by atoms with Gasteiger partial charge in [0.25, 0.3) is 0 Å². The van der Waals surface area contributed by atoms with Crippen LogP contribution in [0.15, 0.2) is 59.5 Å². The number of benzene rings is 2. The number of thioether (sulfide) groups is 1. The van der Waals surface area contributed by atoms with Crippen LogP contribution in [0, 0.1) is 0 Å². The highest BCUT2D eigenvalue weighted by atomic mass is 32.2. The standard InChI is InChI=1S/C24H31NO3S/c1-2-3-4-5-6-7-8-13-23(26)25-21(17-24(27)28)18-29-22-15-14-19-11-9-10-12-20(19)16-22/h7-12,14-16,21H,2-6,13,17-18H2,1H3,(H,25,26)(H,27,28)/t21-/m0/s1. The zero-order valence-electron chi connectivity index (χ0n) is 17.1. The summed E-state index contributed by atoms with van der Waals surface area (Å²) in [5, 5.41) is 14.4. The first-order chi connectivity index (χ1) is 14.1. The lowest BCUT2D eigenvalue weighted by Crippen LogP contribution is -2.38. The molecule has 0 unspecified atom stereocenters. The van der Waals surface area contributed by atoms with Gasteiger partial charge >= 0.3 is 5.97 Å². The molecule has 2 N–H and O–H groups in total. The number of nitrogens with one attached hydrogen (secondary N) is 1. The zero-order valence-corrected chi connectivity index (χ0v) is 17.9. The molecule has 2 aromatic rings. The number of aliphatic carboxylic acids is 1. The highest BCUT2D eigenvalue weighted by Crippen LogP contribution is 2.24. The van der Waals surface area contributed by atoms with E-state index in [4.69, 9.17) is 0 Å². The van der Waals surface area contributed by atoms with Gasteiger partial charge in [0.05, 0.1) is 6.42 Å². The number of unbranched alkanes of at least 4 members (excludes halogenated alkanes) is 4. The number of carbonyl (C=O) groups is 2. The molecule has 29 heavy (non-hydrogen) atoms. The Morgan fingerprint density at radius 1 is 1.07 bits per heavy atom. The summed E-state index contributed by atoms with van der Waals surface area (Å²) in [6.07, 6.45) is 9.98. The van der Waals surface area contributed by atoms with Crippen molar-refractivity contribution in [2.24, 2.45) is 0 Å². The van der Waals surface area contributed by atoms with Crippen LogP contribution in [0.25, 0.3) is 10.8 Å². The van der Waals surface area contributed by atoms with E-state index in [1.54, 1.807) is 11.8 Å². The Labute approximate surface area is 177 Å². The first-order valence-corrected chi connectivity index (χ1v) is 11.3.